The van der Waals surface area contributed by atoms with Crippen molar-refractivity contribution in [2.24, 2.45) is 23.7 Å². The Balaban J connectivity index is 1.62. The van der Waals surface area contributed by atoms with Gasteiger partial charge < -0.3 is 24.3 Å². The van der Waals surface area contributed by atoms with Crippen LogP contribution in [-0.2, 0) is 19.4 Å². The maximum Gasteiger partial charge on any atom is 0.336 e. The zero-order valence-corrected chi connectivity index (χ0v) is 29.5. The van der Waals surface area contributed by atoms with E-state index in [2.05, 4.69) is 0 Å². The zero-order chi connectivity index (χ0) is 32.6. The van der Waals surface area contributed by atoms with Crippen LogP contribution in [0.1, 0.15) is 140 Å². The summed E-state index contributed by atoms with van der Waals surface area (Å²) in [5.74, 6) is -0.00960. The number of ether oxygens (including phenoxy) is 1. The van der Waals surface area contributed by atoms with Gasteiger partial charge in [0.25, 0.3) is 0 Å². The average Bonchev–Trinajstić information content (AvgIpc) is 3.06. The lowest BCUT2D eigenvalue weighted by Gasteiger charge is -2.50. The van der Waals surface area contributed by atoms with Gasteiger partial charge in [0.05, 0.1) is 7.11 Å². The lowest BCUT2D eigenvalue weighted by atomic mass is 9.64. The van der Waals surface area contributed by atoms with Crippen molar-refractivity contribution >= 4 is 26.0 Å². The molecule has 9 heteroatoms. The first-order valence-electron chi connectivity index (χ1n) is 18.3. The first-order chi connectivity index (χ1) is 22.1. The van der Waals surface area contributed by atoms with E-state index in [0.29, 0.717) is 16.9 Å². The van der Waals surface area contributed by atoms with Gasteiger partial charge >= 0.3 is 15.2 Å². The fourth-order valence-corrected chi connectivity index (χ4v) is 15.1. The molecule has 0 unspecified atom stereocenters. The van der Waals surface area contributed by atoms with E-state index in [1.165, 1.54) is 0 Å². The van der Waals surface area contributed by atoms with Crippen LogP contribution in [0, 0.1) is 23.7 Å². The zero-order valence-electron chi connectivity index (χ0n) is 27.7. The maximum absolute atomic E-state index is 14.3. The van der Waals surface area contributed by atoms with Crippen molar-refractivity contribution in [3.63, 3.8) is 0 Å². The molecule has 0 spiro atoms. The van der Waals surface area contributed by atoms with Gasteiger partial charge in [-0.15, -0.1) is 0 Å². The summed E-state index contributed by atoms with van der Waals surface area (Å²) < 4.78 is 34.3. The molecule has 4 N–H and O–H groups in total. The molecule has 4 fully saturated rings. The minimum atomic E-state index is -4.73. The Bertz CT molecular complexity index is 1400. The van der Waals surface area contributed by atoms with Crippen LogP contribution in [0.3, 0.4) is 0 Å². The second-order valence-electron chi connectivity index (χ2n) is 15.2. The molecule has 6 rings (SSSR count). The van der Waals surface area contributed by atoms with Crippen molar-refractivity contribution in [1.82, 2.24) is 0 Å². The summed E-state index contributed by atoms with van der Waals surface area (Å²) in [6.07, 6.45) is 18.6. The predicted octanol–water partition coefficient (Wildman–Crippen LogP) is 9.92. The van der Waals surface area contributed by atoms with Crippen molar-refractivity contribution in [1.29, 1.82) is 0 Å². The molecule has 0 atom stereocenters. The second kappa shape index (κ2) is 14.0. The molecule has 256 valence electrons. The number of methoxy groups -OCH3 is 1. The van der Waals surface area contributed by atoms with Crippen LogP contribution in [-0.4, -0.2) is 26.7 Å². The molecule has 0 saturated heterocycles. The summed E-state index contributed by atoms with van der Waals surface area (Å²) in [6, 6.07) is 9.68. The van der Waals surface area contributed by atoms with Crippen LogP contribution in [0.4, 0.5) is 0 Å². The summed E-state index contributed by atoms with van der Waals surface area (Å²) in [7, 11) is -7.76. The van der Waals surface area contributed by atoms with Gasteiger partial charge in [-0.25, -0.2) is 0 Å². The summed E-state index contributed by atoms with van der Waals surface area (Å²) in [6.45, 7) is 0. The first kappa shape index (κ1) is 34.7. The van der Waals surface area contributed by atoms with E-state index in [1.807, 2.05) is 30.3 Å². The number of hydrogen-bond donors (Lipinski definition) is 4. The van der Waals surface area contributed by atoms with E-state index in [1.54, 1.807) is 7.11 Å². The molecule has 0 heterocycles. The second-order valence-corrected chi connectivity index (χ2v) is 18.8. The normalized spacial score (nSPS) is 22.7. The van der Waals surface area contributed by atoms with Gasteiger partial charge in [-0.2, -0.15) is 0 Å². The Morgan fingerprint density at radius 1 is 0.565 bits per heavy atom. The van der Waals surface area contributed by atoms with Crippen LogP contribution >= 0.6 is 15.2 Å². The molecule has 0 aromatic heterocycles. The third kappa shape index (κ3) is 5.88. The van der Waals surface area contributed by atoms with Crippen LogP contribution < -0.4 is 4.74 Å². The van der Waals surface area contributed by atoms with Gasteiger partial charge in [-0.3, -0.25) is 9.13 Å². The van der Waals surface area contributed by atoms with Gasteiger partial charge in [-0.05, 0) is 104 Å². The fraction of sp³-hybridized carbons (Fsp3) is 0.730. The molecule has 4 saturated carbocycles. The van der Waals surface area contributed by atoms with E-state index in [-0.39, 0.29) is 23.7 Å². The van der Waals surface area contributed by atoms with Crippen molar-refractivity contribution in [2.45, 2.75) is 139 Å². The van der Waals surface area contributed by atoms with E-state index >= 15 is 0 Å². The predicted molar refractivity (Wildman–Crippen MR) is 184 cm³/mol. The molecule has 2 aromatic rings. The third-order valence-electron chi connectivity index (χ3n) is 12.9. The van der Waals surface area contributed by atoms with Crippen LogP contribution in [0.15, 0.2) is 30.3 Å². The molecular formula is C37H56O7P2. The highest BCUT2D eigenvalue weighted by molar-refractivity contribution is 7.53. The topological polar surface area (TPSA) is 124 Å². The molecule has 0 bridgehead atoms. The van der Waals surface area contributed by atoms with Crippen LogP contribution in [0.2, 0.25) is 0 Å². The Hall–Kier alpha value is -1.20. The monoisotopic (exact) mass is 674 g/mol. The average molecular weight is 675 g/mol. The lowest BCUT2D eigenvalue weighted by molar-refractivity contribution is 0.134. The van der Waals surface area contributed by atoms with E-state index in [4.69, 9.17) is 4.74 Å². The Labute approximate surface area is 275 Å². The Morgan fingerprint density at radius 2 is 0.957 bits per heavy atom. The molecule has 0 aliphatic heterocycles. The van der Waals surface area contributed by atoms with Gasteiger partial charge in [0.1, 0.15) is 16.1 Å². The smallest absolute Gasteiger partial charge is 0.336 e. The molecule has 4 aliphatic rings. The summed E-state index contributed by atoms with van der Waals surface area (Å²) in [4.78, 5) is 46.2. The van der Waals surface area contributed by atoms with E-state index in [9.17, 15) is 28.7 Å². The highest BCUT2D eigenvalue weighted by Gasteiger charge is 2.61. The quantitative estimate of drug-likeness (QED) is 0.195. The van der Waals surface area contributed by atoms with E-state index < -0.39 is 25.5 Å². The Morgan fingerprint density at radius 3 is 1.33 bits per heavy atom. The van der Waals surface area contributed by atoms with Gasteiger partial charge in [0.15, 0.2) is 0 Å². The van der Waals surface area contributed by atoms with Crippen LogP contribution in [0.5, 0.6) is 5.75 Å². The SMILES string of the molecule is COc1ccc2cc(C(C3CCCCC3)(C3CCCCC3)P(=O)(O)O)ccc2c1C(C1CCCCC1)(C1CCCCC1)P(=O)(O)O. The molecular weight excluding hydrogens is 618 g/mol. The summed E-state index contributed by atoms with van der Waals surface area (Å²) in [5, 5.41) is -1.07. The summed E-state index contributed by atoms with van der Waals surface area (Å²) in [5.41, 5.74) is 1.34. The number of benzene rings is 2. The highest BCUT2D eigenvalue weighted by Crippen LogP contribution is 2.72. The van der Waals surface area contributed by atoms with Gasteiger partial charge in [0, 0.05) is 5.56 Å². The van der Waals surface area contributed by atoms with Crippen molar-refractivity contribution in [3.8, 4) is 5.75 Å². The molecule has 0 radical (unpaired) electrons. The standard InChI is InChI=1S/C37H56O7P2/c1-44-34-25-22-27-26-32(36(45(38,39)40,28-14-6-2-7-15-28)29-16-8-3-9-17-29)23-24-33(27)35(34)37(46(41,42)43,30-18-10-4-11-19-30)31-20-12-5-13-21-31/h22-26,28-31H,2-21H2,1H3,(H2,38,39,40)(H2,41,42,43). The molecule has 2 aromatic carbocycles. The lowest BCUT2D eigenvalue weighted by Crippen LogP contribution is -2.45. The number of hydrogen-bond acceptors (Lipinski definition) is 3. The minimum absolute atomic E-state index is 0.0981. The Kier molecular flexibility index (Phi) is 10.5. The number of fused-ring (bicyclic) bond motifs is 1. The van der Waals surface area contributed by atoms with Crippen molar-refractivity contribution < 1.29 is 33.4 Å². The van der Waals surface area contributed by atoms with Gasteiger partial charge in [-0.1, -0.05) is 95.2 Å². The van der Waals surface area contributed by atoms with Crippen molar-refractivity contribution in [3.05, 3.63) is 41.5 Å². The molecule has 7 nitrogen and oxygen atoms in total. The fourth-order valence-electron chi connectivity index (χ4n) is 11.1. The van der Waals surface area contributed by atoms with Crippen LogP contribution in [0.25, 0.3) is 10.8 Å². The third-order valence-corrected chi connectivity index (χ3v) is 16.8. The maximum atomic E-state index is 14.3. The van der Waals surface area contributed by atoms with Crippen molar-refractivity contribution in [2.75, 3.05) is 7.11 Å². The van der Waals surface area contributed by atoms with Gasteiger partial charge in [0.2, 0.25) is 0 Å². The molecule has 0 amide bonds. The summed E-state index contributed by atoms with van der Waals surface area (Å²) >= 11 is 0. The molecule has 4 aliphatic carbocycles. The highest BCUT2D eigenvalue weighted by atomic mass is 31.2. The minimum Gasteiger partial charge on any atom is -0.496 e. The van der Waals surface area contributed by atoms with E-state index in [0.717, 1.165) is 139 Å². The number of rotatable bonds is 9. The first-order valence-corrected chi connectivity index (χ1v) is 21.5. The largest absolute Gasteiger partial charge is 0.496 e. The molecule has 46 heavy (non-hydrogen) atoms.